The van der Waals surface area contributed by atoms with E-state index in [9.17, 15) is 4.79 Å². The number of carbonyl (C=O) groups is 1. The van der Waals surface area contributed by atoms with Gasteiger partial charge in [0.05, 0.1) is 5.56 Å². The lowest BCUT2D eigenvalue weighted by atomic mass is 9.96. The molecule has 2 saturated heterocycles. The molecule has 6 heteroatoms. The van der Waals surface area contributed by atoms with Crippen molar-refractivity contribution in [2.24, 2.45) is 5.92 Å². The molecular weight excluding hydrogens is 357 g/mol. The Labute approximate surface area is 163 Å². The van der Waals surface area contributed by atoms with Crippen LogP contribution in [0.5, 0.6) is 0 Å². The average Bonchev–Trinajstić information content (AvgIpc) is 2.84. The molecule has 1 amide bonds. The first-order valence-corrected chi connectivity index (χ1v) is 9.10. The predicted octanol–water partition coefficient (Wildman–Crippen LogP) is 3.84. The van der Waals surface area contributed by atoms with E-state index in [2.05, 4.69) is 4.90 Å². The van der Waals surface area contributed by atoms with Gasteiger partial charge in [0.25, 0.3) is 5.91 Å². The predicted molar refractivity (Wildman–Crippen MR) is 109 cm³/mol. The van der Waals surface area contributed by atoms with Gasteiger partial charge in [0.1, 0.15) is 0 Å². The largest absolute Gasteiger partial charge is 0.398 e. The Balaban J connectivity index is 0.00000156. The van der Waals surface area contributed by atoms with Gasteiger partial charge >= 0.3 is 0 Å². The first-order chi connectivity index (χ1) is 11.2. The third-order valence-electron chi connectivity index (χ3n) is 5.21. The standard InChI is InChI=1S/C19H29N3O.2ClH/c20-18-10-4-3-9-17(18)19(23)22-13-7-8-16(15-22)14-21-11-5-1-2-6-12-21;;/h3-4,9-10,16H,1-2,5-8,11-15,20H2;2*1H. The maximum Gasteiger partial charge on any atom is 0.255 e. The average molecular weight is 388 g/mol. The Morgan fingerprint density at radius 1 is 1.00 bits per heavy atom. The van der Waals surface area contributed by atoms with Crippen LogP contribution < -0.4 is 5.73 Å². The number of likely N-dealkylation sites (tertiary alicyclic amines) is 2. The minimum atomic E-state index is 0. The van der Waals surface area contributed by atoms with Crippen molar-refractivity contribution < 1.29 is 4.79 Å². The van der Waals surface area contributed by atoms with Crippen molar-refractivity contribution in [2.45, 2.75) is 38.5 Å². The lowest BCUT2D eigenvalue weighted by molar-refractivity contribution is 0.0642. The van der Waals surface area contributed by atoms with Crippen LogP contribution in [0, 0.1) is 5.92 Å². The molecule has 2 N–H and O–H groups in total. The normalized spacial score (nSPS) is 21.6. The van der Waals surface area contributed by atoms with Gasteiger partial charge in [-0.2, -0.15) is 0 Å². The van der Waals surface area contributed by atoms with Crippen LogP contribution >= 0.6 is 24.8 Å². The van der Waals surface area contributed by atoms with Crippen LogP contribution in [0.25, 0.3) is 0 Å². The van der Waals surface area contributed by atoms with Crippen LogP contribution in [-0.4, -0.2) is 48.4 Å². The molecule has 142 valence electrons. The zero-order valence-corrected chi connectivity index (χ0v) is 16.5. The molecule has 1 atom stereocenters. The third kappa shape index (κ3) is 6.05. The van der Waals surface area contributed by atoms with Crippen molar-refractivity contribution in [3.05, 3.63) is 29.8 Å². The molecule has 1 unspecified atom stereocenters. The monoisotopic (exact) mass is 387 g/mol. The second-order valence-electron chi connectivity index (χ2n) is 7.06. The van der Waals surface area contributed by atoms with Crippen molar-refractivity contribution in [2.75, 3.05) is 38.5 Å². The van der Waals surface area contributed by atoms with Gasteiger partial charge in [-0.25, -0.2) is 0 Å². The highest BCUT2D eigenvalue weighted by atomic mass is 35.5. The summed E-state index contributed by atoms with van der Waals surface area (Å²) >= 11 is 0. The first kappa shape index (κ1) is 22.1. The fraction of sp³-hybridized carbons (Fsp3) is 0.632. The summed E-state index contributed by atoms with van der Waals surface area (Å²) in [6.07, 6.45) is 7.76. The van der Waals surface area contributed by atoms with Gasteiger partial charge in [-0.15, -0.1) is 24.8 Å². The number of nitrogens with zero attached hydrogens (tertiary/aromatic N) is 2. The maximum absolute atomic E-state index is 12.7. The van der Waals surface area contributed by atoms with Crippen molar-refractivity contribution >= 4 is 36.4 Å². The summed E-state index contributed by atoms with van der Waals surface area (Å²) in [5.74, 6) is 0.708. The number of piperidine rings is 1. The Morgan fingerprint density at radius 3 is 2.36 bits per heavy atom. The van der Waals surface area contributed by atoms with Crippen molar-refractivity contribution in [3.63, 3.8) is 0 Å². The third-order valence-corrected chi connectivity index (χ3v) is 5.21. The number of nitrogens with two attached hydrogens (primary N) is 1. The summed E-state index contributed by atoms with van der Waals surface area (Å²) < 4.78 is 0. The van der Waals surface area contributed by atoms with Crippen LogP contribution in [0.2, 0.25) is 0 Å². The molecule has 0 spiro atoms. The summed E-state index contributed by atoms with van der Waals surface area (Å²) in [7, 11) is 0. The van der Waals surface area contributed by atoms with Crippen LogP contribution in [0.3, 0.4) is 0 Å². The van der Waals surface area contributed by atoms with E-state index in [1.165, 1.54) is 45.2 Å². The highest BCUT2D eigenvalue weighted by molar-refractivity contribution is 5.99. The molecule has 2 aliphatic rings. The summed E-state index contributed by atoms with van der Waals surface area (Å²) in [4.78, 5) is 17.4. The Morgan fingerprint density at radius 2 is 1.68 bits per heavy atom. The molecule has 0 saturated carbocycles. The molecule has 0 aliphatic carbocycles. The van der Waals surface area contributed by atoms with E-state index in [0.717, 1.165) is 26.1 Å². The van der Waals surface area contributed by atoms with Gasteiger partial charge in [-0.1, -0.05) is 25.0 Å². The Hall–Kier alpha value is -0.970. The zero-order chi connectivity index (χ0) is 16.1. The molecule has 25 heavy (non-hydrogen) atoms. The van der Waals surface area contributed by atoms with Gasteiger partial charge in [0, 0.05) is 25.3 Å². The van der Waals surface area contributed by atoms with E-state index < -0.39 is 0 Å². The SMILES string of the molecule is Cl.Cl.Nc1ccccc1C(=O)N1CCCC(CN2CCCCCC2)C1. The lowest BCUT2D eigenvalue weighted by Gasteiger charge is -2.35. The number of hydrogen-bond donors (Lipinski definition) is 1. The van der Waals surface area contributed by atoms with Gasteiger partial charge in [-0.05, 0) is 56.8 Å². The van der Waals surface area contributed by atoms with Crippen LogP contribution in [0.4, 0.5) is 5.69 Å². The molecule has 2 fully saturated rings. The van der Waals surface area contributed by atoms with Gasteiger partial charge in [-0.3, -0.25) is 4.79 Å². The molecular formula is C19H31Cl2N3O. The van der Waals surface area contributed by atoms with Crippen LogP contribution in [0.1, 0.15) is 48.9 Å². The number of para-hydroxylation sites is 1. The number of benzene rings is 1. The molecule has 1 aromatic rings. The molecule has 3 rings (SSSR count). The van der Waals surface area contributed by atoms with E-state index in [1.807, 2.05) is 29.2 Å². The fourth-order valence-corrected chi connectivity index (χ4v) is 3.94. The number of halogens is 2. The van der Waals surface area contributed by atoms with E-state index in [4.69, 9.17) is 5.73 Å². The number of hydrogen-bond acceptors (Lipinski definition) is 3. The molecule has 2 heterocycles. The fourth-order valence-electron chi connectivity index (χ4n) is 3.94. The van der Waals surface area contributed by atoms with Gasteiger partial charge in [0.2, 0.25) is 0 Å². The van der Waals surface area contributed by atoms with E-state index in [0.29, 0.717) is 17.2 Å². The van der Waals surface area contributed by atoms with Crippen molar-refractivity contribution in [3.8, 4) is 0 Å². The second-order valence-corrected chi connectivity index (χ2v) is 7.06. The van der Waals surface area contributed by atoms with Crippen molar-refractivity contribution in [1.29, 1.82) is 0 Å². The maximum atomic E-state index is 12.7. The minimum Gasteiger partial charge on any atom is -0.398 e. The summed E-state index contributed by atoms with van der Waals surface area (Å²) in [5.41, 5.74) is 7.22. The van der Waals surface area contributed by atoms with E-state index in [1.54, 1.807) is 0 Å². The molecule has 0 bridgehead atoms. The quantitative estimate of drug-likeness (QED) is 0.801. The Bertz CT molecular complexity index is 533. The number of rotatable bonds is 3. The Kier molecular flexibility index (Phi) is 9.62. The van der Waals surface area contributed by atoms with Gasteiger partial charge < -0.3 is 15.5 Å². The summed E-state index contributed by atoms with van der Waals surface area (Å²) in [5, 5.41) is 0. The smallest absolute Gasteiger partial charge is 0.255 e. The number of carbonyl (C=O) groups excluding carboxylic acids is 1. The van der Waals surface area contributed by atoms with Crippen LogP contribution in [0.15, 0.2) is 24.3 Å². The number of anilines is 1. The topological polar surface area (TPSA) is 49.6 Å². The van der Waals surface area contributed by atoms with Crippen LogP contribution in [-0.2, 0) is 0 Å². The van der Waals surface area contributed by atoms with E-state index >= 15 is 0 Å². The highest BCUT2D eigenvalue weighted by Crippen LogP contribution is 2.22. The second kappa shape index (κ2) is 10.9. The number of amides is 1. The molecule has 2 aliphatic heterocycles. The molecule has 1 aromatic carbocycles. The minimum absolute atomic E-state index is 0. The summed E-state index contributed by atoms with van der Waals surface area (Å²) in [6, 6.07) is 7.43. The molecule has 0 aromatic heterocycles. The highest BCUT2D eigenvalue weighted by Gasteiger charge is 2.26. The molecule has 4 nitrogen and oxygen atoms in total. The zero-order valence-electron chi connectivity index (χ0n) is 14.9. The molecule has 0 radical (unpaired) electrons. The van der Waals surface area contributed by atoms with E-state index in [-0.39, 0.29) is 30.7 Å². The van der Waals surface area contributed by atoms with Gasteiger partial charge in [0.15, 0.2) is 0 Å². The lowest BCUT2D eigenvalue weighted by Crippen LogP contribution is -2.44. The first-order valence-electron chi connectivity index (χ1n) is 9.10. The number of nitrogen functional groups attached to an aromatic ring is 1. The summed E-state index contributed by atoms with van der Waals surface area (Å²) in [6.45, 7) is 5.35. The van der Waals surface area contributed by atoms with Crippen molar-refractivity contribution in [1.82, 2.24) is 9.80 Å².